The molecule has 5 heteroatoms. The van der Waals surface area contributed by atoms with Crippen molar-refractivity contribution in [2.45, 2.75) is 26.2 Å². The highest BCUT2D eigenvalue weighted by Gasteiger charge is 2.11. The van der Waals surface area contributed by atoms with Crippen LogP contribution >= 0.6 is 0 Å². The Kier molecular flexibility index (Phi) is 6.34. The van der Waals surface area contributed by atoms with Gasteiger partial charge in [-0.15, -0.1) is 0 Å². The number of nitrogens with one attached hydrogen (secondary N) is 1. The van der Waals surface area contributed by atoms with Crippen LogP contribution in [-0.4, -0.2) is 43.8 Å². The summed E-state index contributed by atoms with van der Waals surface area (Å²) in [6.45, 7) is 6.24. The van der Waals surface area contributed by atoms with Gasteiger partial charge in [0.05, 0.1) is 6.61 Å². The second-order valence-electron chi connectivity index (χ2n) is 5.18. The van der Waals surface area contributed by atoms with E-state index >= 15 is 0 Å². The van der Waals surface area contributed by atoms with Gasteiger partial charge < -0.3 is 9.47 Å². The van der Waals surface area contributed by atoms with Crippen molar-refractivity contribution >= 4 is 11.8 Å². The van der Waals surface area contributed by atoms with Crippen LogP contribution in [0.3, 0.4) is 0 Å². The number of ether oxygens (including phenoxy) is 2. The number of likely N-dealkylation sites (tertiary alicyclic amines) is 1. The average Bonchev–Trinajstić information content (AvgIpc) is 3.00. The summed E-state index contributed by atoms with van der Waals surface area (Å²) in [6.07, 6.45) is 3.07. The minimum Gasteiger partial charge on any atom is -0.494 e. The molecule has 1 saturated heterocycles. The number of carbonyl (C=O) groups excluding carboxylic acids is 1. The second kappa shape index (κ2) is 8.52. The number of hydrogen-bond acceptors (Lipinski definition) is 4. The van der Waals surface area contributed by atoms with E-state index in [-0.39, 0.29) is 0 Å². The summed E-state index contributed by atoms with van der Waals surface area (Å²) in [7, 11) is 0. The highest BCUT2D eigenvalue weighted by Crippen LogP contribution is 2.16. The van der Waals surface area contributed by atoms with Gasteiger partial charge in [0.25, 0.3) is 0 Å². The zero-order valence-corrected chi connectivity index (χ0v) is 12.6. The Labute approximate surface area is 126 Å². The van der Waals surface area contributed by atoms with Crippen molar-refractivity contribution in [1.29, 1.82) is 0 Å². The van der Waals surface area contributed by atoms with Crippen LogP contribution in [0.1, 0.15) is 26.2 Å². The molecule has 0 saturated carbocycles. The summed E-state index contributed by atoms with van der Waals surface area (Å²) < 4.78 is 10.7. The summed E-state index contributed by atoms with van der Waals surface area (Å²) in [4.78, 5) is 14.0. The molecule has 116 valence electrons. The Hall–Kier alpha value is -1.75. The molecule has 1 aliphatic heterocycles. The maximum atomic E-state index is 11.7. The second-order valence-corrected chi connectivity index (χ2v) is 5.18. The average molecular weight is 292 g/mol. The number of amides is 1. The first-order chi connectivity index (χ1) is 10.3. The third-order valence-electron chi connectivity index (χ3n) is 3.41. The Bertz CT molecular complexity index is 428. The van der Waals surface area contributed by atoms with E-state index in [1.54, 1.807) is 0 Å². The molecule has 1 aliphatic rings. The molecule has 0 aliphatic carbocycles. The molecular formula is C16H24N2O3. The SMILES string of the molecule is CCCOc1ccc(NC(=O)OCCN2CCCC2)cc1. The highest BCUT2D eigenvalue weighted by molar-refractivity contribution is 5.84. The van der Waals surface area contributed by atoms with E-state index in [1.807, 2.05) is 24.3 Å². The predicted octanol–water partition coefficient (Wildman–Crippen LogP) is 3.12. The van der Waals surface area contributed by atoms with Crippen LogP contribution in [-0.2, 0) is 4.74 Å². The molecule has 2 rings (SSSR count). The maximum absolute atomic E-state index is 11.7. The van der Waals surface area contributed by atoms with Crippen molar-refractivity contribution in [3.63, 3.8) is 0 Å². The quantitative estimate of drug-likeness (QED) is 0.839. The standard InChI is InChI=1S/C16H24N2O3/c1-2-12-20-15-7-5-14(6-8-15)17-16(19)21-13-11-18-9-3-4-10-18/h5-8H,2-4,9-13H2,1H3,(H,17,19). The number of nitrogens with zero attached hydrogens (tertiary/aromatic N) is 1. The first-order valence-electron chi connectivity index (χ1n) is 7.67. The van der Waals surface area contributed by atoms with Crippen molar-refractivity contribution < 1.29 is 14.3 Å². The van der Waals surface area contributed by atoms with Gasteiger partial charge in [0.15, 0.2) is 0 Å². The normalized spacial score (nSPS) is 14.9. The Morgan fingerprint density at radius 2 is 1.90 bits per heavy atom. The Morgan fingerprint density at radius 3 is 2.57 bits per heavy atom. The topological polar surface area (TPSA) is 50.8 Å². The molecule has 0 spiro atoms. The highest BCUT2D eigenvalue weighted by atomic mass is 16.5. The van der Waals surface area contributed by atoms with E-state index in [0.29, 0.717) is 18.9 Å². The molecule has 0 bridgehead atoms. The molecule has 1 fully saturated rings. The molecule has 1 amide bonds. The largest absolute Gasteiger partial charge is 0.494 e. The molecule has 21 heavy (non-hydrogen) atoms. The summed E-state index contributed by atoms with van der Waals surface area (Å²) in [5.41, 5.74) is 0.713. The molecule has 0 radical (unpaired) electrons. The molecule has 1 N–H and O–H groups in total. The molecule has 1 aromatic rings. The Balaban J connectivity index is 1.66. The summed E-state index contributed by atoms with van der Waals surface area (Å²) >= 11 is 0. The van der Waals surface area contributed by atoms with Gasteiger partial charge in [-0.1, -0.05) is 6.92 Å². The minimum atomic E-state index is -0.406. The fourth-order valence-electron chi connectivity index (χ4n) is 2.28. The zero-order valence-electron chi connectivity index (χ0n) is 12.6. The van der Waals surface area contributed by atoms with Crippen LogP contribution in [0.5, 0.6) is 5.75 Å². The summed E-state index contributed by atoms with van der Waals surface area (Å²) in [5.74, 6) is 0.810. The van der Waals surface area contributed by atoms with Gasteiger partial charge in [0.1, 0.15) is 12.4 Å². The lowest BCUT2D eigenvalue weighted by atomic mass is 10.3. The van der Waals surface area contributed by atoms with E-state index in [4.69, 9.17) is 9.47 Å². The van der Waals surface area contributed by atoms with Crippen molar-refractivity contribution in [1.82, 2.24) is 4.90 Å². The van der Waals surface area contributed by atoms with Crippen molar-refractivity contribution in [2.75, 3.05) is 38.2 Å². The van der Waals surface area contributed by atoms with Crippen molar-refractivity contribution in [2.24, 2.45) is 0 Å². The van der Waals surface area contributed by atoms with Crippen LogP contribution in [0.15, 0.2) is 24.3 Å². The van der Waals surface area contributed by atoms with Crippen molar-refractivity contribution in [3.05, 3.63) is 24.3 Å². The summed E-state index contributed by atoms with van der Waals surface area (Å²) in [6, 6.07) is 7.31. The number of hydrogen-bond donors (Lipinski definition) is 1. The van der Waals surface area contributed by atoms with E-state index in [2.05, 4.69) is 17.1 Å². The number of benzene rings is 1. The number of anilines is 1. The smallest absolute Gasteiger partial charge is 0.411 e. The van der Waals surface area contributed by atoms with E-state index in [0.717, 1.165) is 31.8 Å². The molecule has 1 aromatic carbocycles. The van der Waals surface area contributed by atoms with E-state index in [1.165, 1.54) is 12.8 Å². The number of carbonyl (C=O) groups is 1. The third kappa shape index (κ3) is 5.63. The Morgan fingerprint density at radius 1 is 1.19 bits per heavy atom. The summed E-state index contributed by atoms with van der Waals surface area (Å²) in [5, 5.41) is 2.72. The molecule has 0 atom stereocenters. The zero-order chi connectivity index (χ0) is 14.9. The van der Waals surface area contributed by atoms with Gasteiger partial charge >= 0.3 is 6.09 Å². The minimum absolute atomic E-state index is 0.406. The monoisotopic (exact) mass is 292 g/mol. The van der Waals surface area contributed by atoms with Crippen molar-refractivity contribution in [3.8, 4) is 5.75 Å². The van der Waals surface area contributed by atoms with Gasteiger partial charge in [-0.05, 0) is 56.6 Å². The van der Waals surface area contributed by atoms with Gasteiger partial charge in [0.2, 0.25) is 0 Å². The van der Waals surface area contributed by atoms with E-state index in [9.17, 15) is 4.79 Å². The first kappa shape index (κ1) is 15.6. The van der Waals surface area contributed by atoms with Crippen LogP contribution < -0.4 is 10.1 Å². The molecular weight excluding hydrogens is 268 g/mol. The molecule has 0 unspecified atom stereocenters. The third-order valence-corrected chi connectivity index (χ3v) is 3.41. The maximum Gasteiger partial charge on any atom is 0.411 e. The van der Waals surface area contributed by atoms with E-state index < -0.39 is 6.09 Å². The lowest BCUT2D eigenvalue weighted by molar-refractivity contribution is 0.146. The van der Waals surface area contributed by atoms with Gasteiger partial charge in [-0.25, -0.2) is 4.79 Å². The first-order valence-corrected chi connectivity index (χ1v) is 7.67. The predicted molar refractivity (Wildman–Crippen MR) is 82.9 cm³/mol. The van der Waals surface area contributed by atoms with Gasteiger partial charge in [-0.3, -0.25) is 10.2 Å². The van der Waals surface area contributed by atoms with Crippen LogP contribution in [0, 0.1) is 0 Å². The van der Waals surface area contributed by atoms with Crippen LogP contribution in [0.4, 0.5) is 10.5 Å². The molecule has 0 aromatic heterocycles. The lowest BCUT2D eigenvalue weighted by Crippen LogP contribution is -2.26. The van der Waals surface area contributed by atoms with Gasteiger partial charge in [0, 0.05) is 12.2 Å². The fourth-order valence-corrected chi connectivity index (χ4v) is 2.28. The fraction of sp³-hybridized carbons (Fsp3) is 0.562. The molecule has 1 heterocycles. The van der Waals surface area contributed by atoms with Crippen LogP contribution in [0.2, 0.25) is 0 Å². The lowest BCUT2D eigenvalue weighted by Gasteiger charge is -2.14. The van der Waals surface area contributed by atoms with Crippen LogP contribution in [0.25, 0.3) is 0 Å². The molecule has 5 nitrogen and oxygen atoms in total. The van der Waals surface area contributed by atoms with Gasteiger partial charge in [-0.2, -0.15) is 0 Å². The number of rotatable bonds is 7.